The molecule has 7 heteroatoms. The molecule has 1 rings (SSSR count). The van der Waals surface area contributed by atoms with Crippen LogP contribution in [0.4, 0.5) is 4.39 Å². The molecule has 94 valence electrons. The van der Waals surface area contributed by atoms with Crippen LogP contribution in [0.1, 0.15) is 12.0 Å². The van der Waals surface area contributed by atoms with Gasteiger partial charge in [-0.05, 0) is 24.6 Å². The summed E-state index contributed by atoms with van der Waals surface area (Å²) in [4.78, 5) is 9.75. The molecule has 0 aromatic heterocycles. The number of halogens is 1. The molecule has 1 aromatic carbocycles. The molecule has 0 spiro atoms. The lowest BCUT2D eigenvalue weighted by Crippen LogP contribution is -2.27. The summed E-state index contributed by atoms with van der Waals surface area (Å²) < 4.78 is 38.6. The number of benzene rings is 1. The third kappa shape index (κ3) is 3.79. The fourth-order valence-corrected chi connectivity index (χ4v) is 2.28. The molecule has 2 N–H and O–H groups in total. The lowest BCUT2D eigenvalue weighted by Gasteiger charge is -2.06. The Balaban J connectivity index is 2.86. The summed E-state index contributed by atoms with van der Waals surface area (Å²) >= 11 is 0. The standard InChI is InChI=1S/C10H12FNO4S/c1-7-2-3-9(8(11)6-7)17(15,16)12-5-4-10(13)14/h2-3,6,12H,4-5H2,1H3,(H,13,14). The monoisotopic (exact) mass is 261 g/mol. The molecule has 0 aliphatic rings. The first-order valence-electron chi connectivity index (χ1n) is 4.80. The van der Waals surface area contributed by atoms with Gasteiger partial charge >= 0.3 is 5.97 Å². The van der Waals surface area contributed by atoms with Crippen LogP contribution in [0, 0.1) is 12.7 Å². The largest absolute Gasteiger partial charge is 0.481 e. The van der Waals surface area contributed by atoms with Crippen LogP contribution in [-0.2, 0) is 14.8 Å². The summed E-state index contributed by atoms with van der Waals surface area (Å²) in [5.74, 6) is -1.98. The number of carboxylic acids is 1. The quantitative estimate of drug-likeness (QED) is 0.824. The molecule has 0 saturated heterocycles. The van der Waals surface area contributed by atoms with E-state index in [1.54, 1.807) is 6.92 Å². The minimum absolute atomic E-state index is 0.273. The minimum atomic E-state index is -3.99. The van der Waals surface area contributed by atoms with Crippen molar-refractivity contribution in [3.63, 3.8) is 0 Å². The van der Waals surface area contributed by atoms with Gasteiger partial charge in [-0.25, -0.2) is 17.5 Å². The molecular formula is C10H12FNO4S. The van der Waals surface area contributed by atoms with Crippen molar-refractivity contribution in [3.8, 4) is 0 Å². The normalized spacial score (nSPS) is 11.4. The molecule has 17 heavy (non-hydrogen) atoms. The zero-order valence-corrected chi connectivity index (χ0v) is 9.92. The van der Waals surface area contributed by atoms with E-state index in [4.69, 9.17) is 5.11 Å². The lowest BCUT2D eigenvalue weighted by molar-refractivity contribution is -0.136. The third-order valence-corrected chi connectivity index (χ3v) is 3.50. The van der Waals surface area contributed by atoms with Crippen molar-refractivity contribution in [2.45, 2.75) is 18.2 Å². The molecule has 0 fully saturated rings. The Morgan fingerprint density at radius 3 is 2.65 bits per heavy atom. The van der Waals surface area contributed by atoms with Crippen molar-refractivity contribution in [3.05, 3.63) is 29.6 Å². The van der Waals surface area contributed by atoms with Crippen LogP contribution >= 0.6 is 0 Å². The maximum absolute atomic E-state index is 13.4. The van der Waals surface area contributed by atoms with E-state index in [9.17, 15) is 17.6 Å². The van der Waals surface area contributed by atoms with E-state index in [0.717, 1.165) is 12.1 Å². The number of carbonyl (C=O) groups is 1. The van der Waals surface area contributed by atoms with Gasteiger partial charge in [-0.2, -0.15) is 0 Å². The molecule has 0 atom stereocenters. The molecule has 0 bridgehead atoms. The van der Waals surface area contributed by atoms with Gasteiger partial charge in [0.15, 0.2) is 0 Å². The molecule has 0 heterocycles. The second kappa shape index (κ2) is 5.24. The van der Waals surface area contributed by atoms with E-state index in [2.05, 4.69) is 0 Å². The number of sulfonamides is 1. The Labute approximate surface area is 98.3 Å². The minimum Gasteiger partial charge on any atom is -0.481 e. The number of hydrogen-bond acceptors (Lipinski definition) is 3. The molecule has 0 unspecified atom stereocenters. The highest BCUT2D eigenvalue weighted by molar-refractivity contribution is 7.89. The van der Waals surface area contributed by atoms with Gasteiger partial charge in [0.05, 0.1) is 6.42 Å². The molecule has 0 saturated carbocycles. The average molecular weight is 261 g/mol. The van der Waals surface area contributed by atoms with Gasteiger partial charge in [0.25, 0.3) is 0 Å². The maximum Gasteiger partial charge on any atom is 0.304 e. The number of rotatable bonds is 5. The number of aryl methyl sites for hydroxylation is 1. The predicted molar refractivity (Wildman–Crippen MR) is 58.6 cm³/mol. The second-order valence-electron chi connectivity index (χ2n) is 3.48. The SMILES string of the molecule is Cc1ccc(S(=O)(=O)NCCC(=O)O)c(F)c1. The number of aliphatic carboxylic acids is 1. The molecule has 5 nitrogen and oxygen atoms in total. The first-order valence-corrected chi connectivity index (χ1v) is 6.29. The Morgan fingerprint density at radius 2 is 2.12 bits per heavy atom. The number of carboxylic acid groups (broad SMARTS) is 1. The van der Waals surface area contributed by atoms with Crippen molar-refractivity contribution < 1.29 is 22.7 Å². The first-order chi connectivity index (χ1) is 7.83. The summed E-state index contributed by atoms with van der Waals surface area (Å²) in [6.45, 7) is 1.36. The van der Waals surface area contributed by atoms with Crippen molar-refractivity contribution in [2.75, 3.05) is 6.54 Å². The highest BCUT2D eigenvalue weighted by atomic mass is 32.2. The van der Waals surface area contributed by atoms with Gasteiger partial charge in [0, 0.05) is 6.54 Å². The van der Waals surface area contributed by atoms with E-state index >= 15 is 0 Å². The van der Waals surface area contributed by atoms with Crippen molar-refractivity contribution in [2.24, 2.45) is 0 Å². The molecule has 1 aromatic rings. The summed E-state index contributed by atoms with van der Waals surface area (Å²) in [7, 11) is -3.99. The Morgan fingerprint density at radius 1 is 1.47 bits per heavy atom. The summed E-state index contributed by atoms with van der Waals surface area (Å²) in [5, 5.41) is 8.36. The van der Waals surface area contributed by atoms with Crippen molar-refractivity contribution >= 4 is 16.0 Å². The summed E-state index contributed by atoms with van der Waals surface area (Å²) in [5.41, 5.74) is 0.604. The maximum atomic E-state index is 13.4. The van der Waals surface area contributed by atoms with Crippen LogP contribution in [0.15, 0.2) is 23.1 Å². The first kappa shape index (κ1) is 13.6. The van der Waals surface area contributed by atoms with E-state index in [1.165, 1.54) is 6.07 Å². The summed E-state index contributed by atoms with van der Waals surface area (Å²) in [6.07, 6.45) is -0.354. The zero-order chi connectivity index (χ0) is 13.1. The topological polar surface area (TPSA) is 83.5 Å². The van der Waals surface area contributed by atoms with Crippen LogP contribution in [-0.4, -0.2) is 26.0 Å². The van der Waals surface area contributed by atoms with Crippen LogP contribution in [0.25, 0.3) is 0 Å². The lowest BCUT2D eigenvalue weighted by atomic mass is 10.2. The fraction of sp³-hybridized carbons (Fsp3) is 0.300. The second-order valence-corrected chi connectivity index (χ2v) is 5.21. The predicted octanol–water partition coefficient (Wildman–Crippen LogP) is 0.887. The third-order valence-electron chi connectivity index (χ3n) is 2.01. The van der Waals surface area contributed by atoms with Crippen molar-refractivity contribution in [1.82, 2.24) is 4.72 Å². The number of hydrogen-bond donors (Lipinski definition) is 2. The molecular weight excluding hydrogens is 249 g/mol. The van der Waals surface area contributed by atoms with Gasteiger partial charge in [0.1, 0.15) is 10.7 Å². The smallest absolute Gasteiger partial charge is 0.304 e. The van der Waals surface area contributed by atoms with E-state index in [-0.39, 0.29) is 13.0 Å². The van der Waals surface area contributed by atoms with Crippen LogP contribution < -0.4 is 4.72 Å². The average Bonchev–Trinajstić information content (AvgIpc) is 2.15. The highest BCUT2D eigenvalue weighted by Crippen LogP contribution is 2.15. The van der Waals surface area contributed by atoms with Gasteiger partial charge in [0.2, 0.25) is 10.0 Å². The van der Waals surface area contributed by atoms with E-state index in [1.807, 2.05) is 4.72 Å². The van der Waals surface area contributed by atoms with Gasteiger partial charge in [-0.3, -0.25) is 4.79 Å². The highest BCUT2D eigenvalue weighted by Gasteiger charge is 2.18. The van der Waals surface area contributed by atoms with Crippen molar-refractivity contribution in [1.29, 1.82) is 0 Å². The van der Waals surface area contributed by atoms with Gasteiger partial charge < -0.3 is 5.11 Å². The zero-order valence-electron chi connectivity index (χ0n) is 9.10. The van der Waals surface area contributed by atoms with Crippen LogP contribution in [0.5, 0.6) is 0 Å². The fourth-order valence-electron chi connectivity index (χ4n) is 1.19. The Bertz CT molecular complexity index is 527. The van der Waals surface area contributed by atoms with E-state index in [0.29, 0.717) is 5.56 Å². The van der Waals surface area contributed by atoms with Gasteiger partial charge in [-0.15, -0.1) is 0 Å². The van der Waals surface area contributed by atoms with Crippen LogP contribution in [0.3, 0.4) is 0 Å². The number of nitrogens with one attached hydrogen (secondary N) is 1. The van der Waals surface area contributed by atoms with E-state index < -0.39 is 26.7 Å². The Hall–Kier alpha value is -1.47. The molecule has 0 amide bonds. The molecule has 0 radical (unpaired) electrons. The van der Waals surface area contributed by atoms with Crippen LogP contribution in [0.2, 0.25) is 0 Å². The molecule has 0 aliphatic carbocycles. The summed E-state index contributed by atoms with van der Waals surface area (Å²) in [6, 6.07) is 3.72. The Kier molecular flexibility index (Phi) is 4.19. The van der Waals surface area contributed by atoms with Gasteiger partial charge in [-0.1, -0.05) is 6.07 Å². The molecule has 0 aliphatic heterocycles.